The summed E-state index contributed by atoms with van der Waals surface area (Å²) in [7, 11) is 0. The van der Waals surface area contributed by atoms with Crippen LogP contribution in [-0.4, -0.2) is 8.97 Å². The molecule has 0 amide bonds. The van der Waals surface area contributed by atoms with Crippen molar-refractivity contribution >= 4 is 77.0 Å². The summed E-state index contributed by atoms with van der Waals surface area (Å²) >= 11 is 0. The van der Waals surface area contributed by atoms with Crippen LogP contribution in [0.4, 0.5) is 17.1 Å². The molecule has 57 heavy (non-hydrogen) atoms. The number of fused-ring (bicyclic) bond motifs is 9. The number of para-hydroxylation sites is 5. The van der Waals surface area contributed by atoms with E-state index in [4.69, 9.17) is 0 Å². The van der Waals surface area contributed by atoms with Gasteiger partial charge in [0.2, 0.25) is 0 Å². The minimum Gasteiger partial charge on any atom is -0.309 e. The zero-order valence-corrected chi connectivity index (χ0v) is 31.0. The van der Waals surface area contributed by atoms with Crippen LogP contribution in [0, 0.1) is 0 Å². The fourth-order valence-electron chi connectivity index (χ4n) is 9.42. The summed E-state index contributed by atoms with van der Waals surface area (Å²) < 4.78 is 4.93. The van der Waals surface area contributed by atoms with Crippen LogP contribution in [-0.2, 0) is 0 Å². The number of benzene rings is 9. The van der Waals surface area contributed by atoms with Gasteiger partial charge in [-0.1, -0.05) is 152 Å². The molecule has 0 N–H and O–H groups in total. The molecule has 266 valence electrons. The Hall–Kier alpha value is -7.62. The van der Waals surface area contributed by atoms with Crippen molar-refractivity contribution in [2.75, 3.05) is 4.90 Å². The summed E-state index contributed by atoms with van der Waals surface area (Å²) in [6.45, 7) is 0. The number of rotatable bonds is 6. The van der Waals surface area contributed by atoms with E-state index in [0.717, 1.165) is 28.3 Å². The van der Waals surface area contributed by atoms with E-state index in [2.05, 4.69) is 226 Å². The van der Waals surface area contributed by atoms with Crippen LogP contribution in [0.25, 0.3) is 87.8 Å². The first-order valence-electron chi connectivity index (χ1n) is 19.6. The Balaban J connectivity index is 1.26. The molecule has 12 aromatic rings. The molecule has 3 aromatic heterocycles. The Labute approximate surface area is 329 Å². The van der Waals surface area contributed by atoms with Crippen LogP contribution in [0.2, 0.25) is 0 Å². The van der Waals surface area contributed by atoms with E-state index in [1.165, 1.54) is 76.6 Å². The smallest absolute Gasteiger partial charge is 0.0782 e. The molecule has 0 aliphatic rings. The molecular weight excluding hydrogens is 691 g/mol. The van der Waals surface area contributed by atoms with Gasteiger partial charge in [-0.25, -0.2) is 0 Å². The number of aromatic nitrogens is 2. The predicted octanol–water partition coefficient (Wildman–Crippen LogP) is 14.7. The highest BCUT2D eigenvalue weighted by atomic mass is 15.2. The first-order chi connectivity index (χ1) is 28.3. The quantitative estimate of drug-likeness (QED) is 0.166. The Morgan fingerprint density at radius 1 is 0.316 bits per heavy atom. The van der Waals surface area contributed by atoms with E-state index in [0.29, 0.717) is 0 Å². The average Bonchev–Trinajstić information content (AvgIpc) is 3.93. The topological polar surface area (TPSA) is 12.6 Å². The summed E-state index contributed by atoms with van der Waals surface area (Å²) in [5, 5.41) is 7.48. The number of anilines is 3. The third kappa shape index (κ3) is 4.73. The third-order valence-electron chi connectivity index (χ3n) is 11.8. The molecule has 0 aliphatic heterocycles. The van der Waals surface area contributed by atoms with Gasteiger partial charge < -0.3 is 13.9 Å². The maximum Gasteiger partial charge on any atom is 0.0782 e. The lowest BCUT2D eigenvalue weighted by atomic mass is 9.97. The predicted molar refractivity (Wildman–Crippen MR) is 241 cm³/mol. The van der Waals surface area contributed by atoms with Crippen LogP contribution in [0.3, 0.4) is 0 Å². The second kappa shape index (κ2) is 12.5. The van der Waals surface area contributed by atoms with Gasteiger partial charge in [0.1, 0.15) is 0 Å². The van der Waals surface area contributed by atoms with Gasteiger partial charge in [0.25, 0.3) is 0 Å². The van der Waals surface area contributed by atoms with Crippen molar-refractivity contribution in [3.63, 3.8) is 0 Å². The normalized spacial score (nSPS) is 11.9. The van der Waals surface area contributed by atoms with Crippen molar-refractivity contribution in [1.82, 2.24) is 8.97 Å². The monoisotopic (exact) mass is 725 g/mol. The second-order valence-electron chi connectivity index (χ2n) is 14.9. The van der Waals surface area contributed by atoms with Crippen LogP contribution in [0.15, 0.2) is 212 Å². The molecule has 0 atom stereocenters. The molecule has 9 aromatic carbocycles. The first kappa shape index (κ1) is 31.7. The average molecular weight is 726 g/mol. The largest absolute Gasteiger partial charge is 0.309 e. The highest BCUT2D eigenvalue weighted by Crippen LogP contribution is 2.49. The van der Waals surface area contributed by atoms with Gasteiger partial charge in [0.15, 0.2) is 0 Å². The molecule has 0 bridgehead atoms. The number of nitrogens with zero attached hydrogens (tertiary/aromatic N) is 3. The lowest BCUT2D eigenvalue weighted by Crippen LogP contribution is -2.12. The van der Waals surface area contributed by atoms with E-state index in [-0.39, 0.29) is 0 Å². The molecule has 12 rings (SSSR count). The maximum absolute atomic E-state index is 2.54. The van der Waals surface area contributed by atoms with E-state index in [1.807, 2.05) is 0 Å². The van der Waals surface area contributed by atoms with Gasteiger partial charge in [-0.3, -0.25) is 0 Å². The number of hydrogen-bond donors (Lipinski definition) is 0. The minimum atomic E-state index is 1.09. The zero-order valence-electron chi connectivity index (χ0n) is 31.0. The van der Waals surface area contributed by atoms with E-state index in [1.54, 1.807) is 0 Å². The van der Waals surface area contributed by atoms with Gasteiger partial charge in [-0.05, 0) is 82.9 Å². The summed E-state index contributed by atoms with van der Waals surface area (Å²) in [5.74, 6) is 0. The third-order valence-corrected chi connectivity index (χ3v) is 11.8. The van der Waals surface area contributed by atoms with Crippen molar-refractivity contribution in [2.45, 2.75) is 0 Å². The van der Waals surface area contributed by atoms with Gasteiger partial charge in [-0.15, -0.1) is 0 Å². The van der Waals surface area contributed by atoms with Gasteiger partial charge >= 0.3 is 0 Å². The van der Waals surface area contributed by atoms with E-state index < -0.39 is 0 Å². The lowest BCUT2D eigenvalue weighted by Gasteiger charge is -2.28. The fraction of sp³-hybridized carbons (Fsp3) is 0. The van der Waals surface area contributed by atoms with Crippen molar-refractivity contribution in [3.8, 4) is 27.9 Å². The van der Waals surface area contributed by atoms with E-state index in [9.17, 15) is 0 Å². The molecule has 0 fully saturated rings. The molecule has 0 unspecified atom stereocenters. The van der Waals surface area contributed by atoms with Crippen LogP contribution >= 0.6 is 0 Å². The van der Waals surface area contributed by atoms with Crippen molar-refractivity contribution in [2.24, 2.45) is 0 Å². The highest BCUT2D eigenvalue weighted by molar-refractivity contribution is 6.26. The van der Waals surface area contributed by atoms with E-state index >= 15 is 0 Å². The lowest BCUT2D eigenvalue weighted by molar-refractivity contribution is 1.18. The molecule has 3 heteroatoms. The molecule has 0 saturated heterocycles. The molecule has 3 heterocycles. The molecule has 0 radical (unpaired) electrons. The Kier molecular flexibility index (Phi) is 6.93. The summed E-state index contributed by atoms with van der Waals surface area (Å²) in [4.78, 5) is 2.54. The second-order valence-corrected chi connectivity index (χ2v) is 14.9. The molecule has 0 saturated carbocycles. The van der Waals surface area contributed by atoms with Gasteiger partial charge in [0, 0.05) is 43.7 Å². The van der Waals surface area contributed by atoms with Gasteiger partial charge in [0.05, 0.1) is 39.0 Å². The molecule has 3 nitrogen and oxygen atoms in total. The van der Waals surface area contributed by atoms with Crippen LogP contribution in [0.5, 0.6) is 0 Å². The maximum atomic E-state index is 2.54. The van der Waals surface area contributed by atoms with Gasteiger partial charge in [-0.2, -0.15) is 0 Å². The van der Waals surface area contributed by atoms with Crippen molar-refractivity contribution in [1.29, 1.82) is 0 Å². The Morgan fingerprint density at radius 2 is 0.807 bits per heavy atom. The fourth-order valence-corrected chi connectivity index (χ4v) is 9.42. The highest BCUT2D eigenvalue weighted by Gasteiger charge is 2.26. The minimum absolute atomic E-state index is 1.09. The number of hydrogen-bond acceptors (Lipinski definition) is 1. The van der Waals surface area contributed by atoms with Crippen molar-refractivity contribution in [3.05, 3.63) is 212 Å². The standard InChI is InChI=1S/C54H35N3/c1-4-17-36(18-5-1)38-33-39(37-19-6-2-7-20-37)35-41(34-38)56(50-31-16-30-49-52(50)46-24-11-13-29-48(46)55(49)40-21-8-3-9-22-40)51-32-15-27-45-44-26-14-25-43-42-23-10-12-28-47(42)57(53(43)44)54(45)51/h1-35H. The molecule has 0 aliphatic carbocycles. The first-order valence-corrected chi connectivity index (χ1v) is 19.6. The Morgan fingerprint density at radius 3 is 1.51 bits per heavy atom. The molecular formula is C54H35N3. The summed E-state index contributed by atoms with van der Waals surface area (Å²) in [5.41, 5.74) is 15.2. The van der Waals surface area contributed by atoms with Crippen LogP contribution < -0.4 is 4.90 Å². The Bertz CT molecular complexity index is 3390. The zero-order chi connectivity index (χ0) is 37.5. The summed E-state index contributed by atoms with van der Waals surface area (Å²) in [6, 6.07) is 77.5. The summed E-state index contributed by atoms with van der Waals surface area (Å²) in [6.07, 6.45) is 0. The van der Waals surface area contributed by atoms with Crippen molar-refractivity contribution < 1.29 is 0 Å². The molecule has 0 spiro atoms. The SMILES string of the molecule is c1ccc(-c2cc(-c3ccccc3)cc(N(c3cccc4c3c3ccccc3n4-c3ccccc3)c3cccc4c5cccc6c7ccccc7n(c34)c65)c2)cc1. The van der Waals surface area contributed by atoms with Crippen LogP contribution in [0.1, 0.15) is 0 Å².